The number of hydrogen-bond donors (Lipinski definition) is 1. The van der Waals surface area contributed by atoms with Gasteiger partial charge in [0.1, 0.15) is 0 Å². The number of nitrogens with zero attached hydrogens (tertiary/aromatic N) is 1. The number of ether oxygens (including phenoxy) is 1. The summed E-state index contributed by atoms with van der Waals surface area (Å²) in [5, 5.41) is 0. The van der Waals surface area contributed by atoms with Crippen molar-refractivity contribution in [1.82, 2.24) is 4.90 Å². The summed E-state index contributed by atoms with van der Waals surface area (Å²) in [7, 11) is 0. The Hall–Kier alpha value is -0.120. The first-order valence-corrected chi connectivity index (χ1v) is 5.34. The van der Waals surface area contributed by atoms with Gasteiger partial charge in [0.25, 0.3) is 0 Å². The van der Waals surface area contributed by atoms with Crippen molar-refractivity contribution in [1.29, 1.82) is 0 Å². The summed E-state index contributed by atoms with van der Waals surface area (Å²) >= 11 is 0. The van der Waals surface area contributed by atoms with E-state index in [2.05, 4.69) is 11.8 Å². The molecule has 0 aromatic rings. The lowest BCUT2D eigenvalue weighted by Crippen LogP contribution is -2.69. The van der Waals surface area contributed by atoms with Crippen LogP contribution < -0.4 is 5.73 Å². The minimum Gasteiger partial charge on any atom is -0.380 e. The second-order valence-electron chi connectivity index (χ2n) is 4.49. The molecule has 0 aromatic carbocycles. The topological polar surface area (TPSA) is 38.5 Å². The van der Waals surface area contributed by atoms with E-state index in [1.165, 1.54) is 12.8 Å². The molecule has 0 aliphatic carbocycles. The van der Waals surface area contributed by atoms with Gasteiger partial charge in [-0.3, -0.25) is 4.90 Å². The maximum absolute atomic E-state index is 6.12. The SMILES string of the molecule is CCC1(N)CN(C2CCCOC2)C1. The maximum atomic E-state index is 6.12. The van der Waals surface area contributed by atoms with Gasteiger partial charge in [-0.15, -0.1) is 0 Å². The first kappa shape index (κ1) is 9.44. The third kappa shape index (κ3) is 1.87. The van der Waals surface area contributed by atoms with Crippen LogP contribution in [0.4, 0.5) is 0 Å². The van der Waals surface area contributed by atoms with Crippen molar-refractivity contribution < 1.29 is 4.74 Å². The van der Waals surface area contributed by atoms with Crippen molar-refractivity contribution in [2.24, 2.45) is 5.73 Å². The first-order chi connectivity index (χ1) is 6.23. The minimum absolute atomic E-state index is 0.109. The standard InChI is InChI=1S/C10H20N2O/c1-2-10(11)7-12(8-10)9-4-3-5-13-6-9/h9H,2-8,11H2,1H3. The fraction of sp³-hybridized carbons (Fsp3) is 1.00. The van der Waals surface area contributed by atoms with E-state index >= 15 is 0 Å². The lowest BCUT2D eigenvalue weighted by Gasteiger charge is -2.51. The molecule has 2 rings (SSSR count). The molecule has 0 radical (unpaired) electrons. The number of hydrogen-bond acceptors (Lipinski definition) is 3. The Morgan fingerprint density at radius 3 is 2.85 bits per heavy atom. The molecular formula is C10H20N2O. The van der Waals surface area contributed by atoms with Gasteiger partial charge in [0, 0.05) is 31.3 Å². The van der Waals surface area contributed by atoms with Gasteiger partial charge in [-0.2, -0.15) is 0 Å². The quantitative estimate of drug-likeness (QED) is 0.682. The van der Waals surface area contributed by atoms with Gasteiger partial charge in [-0.05, 0) is 19.3 Å². The van der Waals surface area contributed by atoms with Crippen molar-refractivity contribution in [2.45, 2.75) is 37.8 Å². The molecule has 0 amide bonds. The van der Waals surface area contributed by atoms with E-state index < -0.39 is 0 Å². The van der Waals surface area contributed by atoms with Crippen LogP contribution in [0.3, 0.4) is 0 Å². The highest BCUT2D eigenvalue weighted by Crippen LogP contribution is 2.26. The smallest absolute Gasteiger partial charge is 0.0621 e. The van der Waals surface area contributed by atoms with Gasteiger partial charge >= 0.3 is 0 Å². The van der Waals surface area contributed by atoms with Crippen molar-refractivity contribution in [3.05, 3.63) is 0 Å². The van der Waals surface area contributed by atoms with Gasteiger partial charge in [0.05, 0.1) is 6.61 Å². The molecule has 76 valence electrons. The van der Waals surface area contributed by atoms with E-state index in [1.807, 2.05) is 0 Å². The summed E-state index contributed by atoms with van der Waals surface area (Å²) in [4.78, 5) is 2.47. The van der Waals surface area contributed by atoms with Gasteiger partial charge in [-0.1, -0.05) is 6.92 Å². The lowest BCUT2D eigenvalue weighted by atomic mass is 9.86. The van der Waals surface area contributed by atoms with Gasteiger partial charge in [-0.25, -0.2) is 0 Å². The molecule has 1 atom stereocenters. The predicted octanol–water partition coefficient (Wildman–Crippen LogP) is 0.588. The van der Waals surface area contributed by atoms with E-state index in [9.17, 15) is 0 Å². The molecule has 3 heteroatoms. The van der Waals surface area contributed by atoms with Crippen molar-refractivity contribution in [2.75, 3.05) is 26.3 Å². The highest BCUT2D eigenvalue weighted by molar-refractivity contribution is 5.01. The summed E-state index contributed by atoms with van der Waals surface area (Å²) in [5.74, 6) is 0. The van der Waals surface area contributed by atoms with Crippen LogP contribution in [0.15, 0.2) is 0 Å². The highest BCUT2D eigenvalue weighted by atomic mass is 16.5. The number of likely N-dealkylation sites (tertiary alicyclic amines) is 1. The third-order valence-electron chi connectivity index (χ3n) is 3.39. The van der Waals surface area contributed by atoms with E-state index in [0.29, 0.717) is 6.04 Å². The van der Waals surface area contributed by atoms with E-state index in [0.717, 1.165) is 32.7 Å². The molecule has 0 saturated carbocycles. The van der Waals surface area contributed by atoms with Crippen LogP contribution in [-0.2, 0) is 4.74 Å². The van der Waals surface area contributed by atoms with Crippen LogP contribution in [0.1, 0.15) is 26.2 Å². The van der Waals surface area contributed by atoms with E-state index in [-0.39, 0.29) is 5.54 Å². The largest absolute Gasteiger partial charge is 0.380 e. The Balaban J connectivity index is 1.78. The molecule has 2 aliphatic heterocycles. The normalized spacial score (nSPS) is 34.2. The number of nitrogens with two attached hydrogens (primary N) is 1. The summed E-state index contributed by atoms with van der Waals surface area (Å²) in [6.45, 7) is 6.18. The Morgan fingerprint density at radius 2 is 2.31 bits per heavy atom. The zero-order chi connectivity index (χ0) is 9.31. The Morgan fingerprint density at radius 1 is 1.54 bits per heavy atom. The molecule has 0 spiro atoms. The molecule has 1 unspecified atom stereocenters. The summed E-state index contributed by atoms with van der Waals surface area (Å²) in [5.41, 5.74) is 6.23. The third-order valence-corrected chi connectivity index (χ3v) is 3.39. The van der Waals surface area contributed by atoms with Crippen molar-refractivity contribution in [3.8, 4) is 0 Å². The van der Waals surface area contributed by atoms with E-state index in [4.69, 9.17) is 10.5 Å². The molecular weight excluding hydrogens is 164 g/mol. The van der Waals surface area contributed by atoms with E-state index in [1.54, 1.807) is 0 Å². The molecule has 0 bridgehead atoms. The van der Waals surface area contributed by atoms with Crippen molar-refractivity contribution in [3.63, 3.8) is 0 Å². The average Bonchev–Trinajstić information content (AvgIpc) is 2.14. The average molecular weight is 184 g/mol. The molecule has 13 heavy (non-hydrogen) atoms. The van der Waals surface area contributed by atoms with Crippen LogP contribution in [0.2, 0.25) is 0 Å². The molecule has 2 saturated heterocycles. The lowest BCUT2D eigenvalue weighted by molar-refractivity contribution is -0.0413. The zero-order valence-corrected chi connectivity index (χ0v) is 8.46. The molecule has 2 fully saturated rings. The molecule has 0 aromatic heterocycles. The maximum Gasteiger partial charge on any atom is 0.0621 e. The fourth-order valence-corrected chi connectivity index (χ4v) is 2.26. The van der Waals surface area contributed by atoms with Gasteiger partial charge < -0.3 is 10.5 Å². The number of rotatable bonds is 2. The Bertz CT molecular complexity index is 172. The summed E-state index contributed by atoms with van der Waals surface area (Å²) < 4.78 is 5.46. The van der Waals surface area contributed by atoms with Gasteiger partial charge in [0.15, 0.2) is 0 Å². The van der Waals surface area contributed by atoms with Crippen LogP contribution >= 0.6 is 0 Å². The van der Waals surface area contributed by atoms with Crippen LogP contribution in [-0.4, -0.2) is 42.8 Å². The highest BCUT2D eigenvalue weighted by Gasteiger charge is 2.41. The first-order valence-electron chi connectivity index (χ1n) is 5.34. The summed E-state index contributed by atoms with van der Waals surface area (Å²) in [6, 6.07) is 0.650. The summed E-state index contributed by atoms with van der Waals surface area (Å²) in [6.07, 6.45) is 3.60. The second-order valence-corrected chi connectivity index (χ2v) is 4.49. The predicted molar refractivity (Wildman–Crippen MR) is 52.6 cm³/mol. The zero-order valence-electron chi connectivity index (χ0n) is 8.46. The fourth-order valence-electron chi connectivity index (χ4n) is 2.26. The molecule has 2 heterocycles. The second kappa shape index (κ2) is 3.56. The minimum atomic E-state index is 0.109. The monoisotopic (exact) mass is 184 g/mol. The molecule has 2 N–H and O–H groups in total. The Kier molecular flexibility index (Phi) is 2.58. The van der Waals surface area contributed by atoms with Gasteiger partial charge in [0.2, 0.25) is 0 Å². The van der Waals surface area contributed by atoms with Crippen LogP contribution in [0.25, 0.3) is 0 Å². The van der Waals surface area contributed by atoms with Crippen LogP contribution in [0.5, 0.6) is 0 Å². The molecule has 2 aliphatic rings. The molecule has 3 nitrogen and oxygen atoms in total. The van der Waals surface area contributed by atoms with Crippen LogP contribution in [0, 0.1) is 0 Å². The van der Waals surface area contributed by atoms with Crippen molar-refractivity contribution >= 4 is 0 Å². The Labute approximate surface area is 80.2 Å².